The molecule has 1 heterocycles. The summed E-state index contributed by atoms with van der Waals surface area (Å²) in [5.74, 6) is -2.76. The molecule has 0 spiro atoms. The predicted octanol–water partition coefficient (Wildman–Crippen LogP) is 1.56. The van der Waals surface area contributed by atoms with Crippen molar-refractivity contribution < 1.29 is 33.8 Å². The third kappa shape index (κ3) is 4.75. The third-order valence-electron chi connectivity index (χ3n) is 4.26. The van der Waals surface area contributed by atoms with Crippen LogP contribution in [0, 0.1) is 6.92 Å². The van der Waals surface area contributed by atoms with Crippen molar-refractivity contribution in [3.05, 3.63) is 57.6 Å². The van der Waals surface area contributed by atoms with E-state index in [1.807, 2.05) is 13.0 Å². The zero-order valence-electron chi connectivity index (χ0n) is 16.4. The largest absolute Gasteiger partial charge is 0.546 e. The summed E-state index contributed by atoms with van der Waals surface area (Å²) in [7, 11) is 1.35. The molecule has 9 nitrogen and oxygen atoms in total. The van der Waals surface area contributed by atoms with E-state index in [-0.39, 0.29) is 17.1 Å². The zero-order chi connectivity index (χ0) is 22.7. The number of ether oxygens (including phenoxy) is 2. The molecular formula is C21H16BrN2O7-. The maximum absolute atomic E-state index is 13.0. The first kappa shape index (κ1) is 22.0. The van der Waals surface area contributed by atoms with Gasteiger partial charge in [-0.2, -0.15) is 0 Å². The molecule has 10 heteroatoms. The number of methoxy groups -OCH3 is 1. The molecule has 160 valence electrons. The Hall–Kier alpha value is -3.66. The topological polar surface area (TPSA) is 125 Å². The fourth-order valence-electron chi connectivity index (χ4n) is 2.92. The van der Waals surface area contributed by atoms with Gasteiger partial charge in [0.05, 0.1) is 23.2 Å². The highest BCUT2D eigenvalue weighted by atomic mass is 79.9. The van der Waals surface area contributed by atoms with Crippen LogP contribution in [0.3, 0.4) is 0 Å². The average Bonchev–Trinajstić information content (AvgIpc) is 2.69. The van der Waals surface area contributed by atoms with E-state index >= 15 is 0 Å². The Morgan fingerprint density at radius 1 is 1.23 bits per heavy atom. The van der Waals surface area contributed by atoms with Crippen LogP contribution in [0.4, 0.5) is 10.5 Å². The van der Waals surface area contributed by atoms with Crippen molar-refractivity contribution in [1.29, 1.82) is 0 Å². The first-order chi connectivity index (χ1) is 14.7. The number of amides is 4. The number of carbonyl (C=O) groups excluding carboxylic acids is 4. The van der Waals surface area contributed by atoms with Gasteiger partial charge in [0, 0.05) is 0 Å². The van der Waals surface area contributed by atoms with E-state index in [0.717, 1.165) is 10.5 Å². The van der Waals surface area contributed by atoms with E-state index < -0.39 is 30.4 Å². The Morgan fingerprint density at radius 2 is 1.97 bits per heavy atom. The Morgan fingerprint density at radius 3 is 2.61 bits per heavy atom. The van der Waals surface area contributed by atoms with Crippen molar-refractivity contribution in [3.63, 3.8) is 0 Å². The number of aryl methyl sites for hydroxylation is 1. The quantitative estimate of drug-likeness (QED) is 0.483. The van der Waals surface area contributed by atoms with Gasteiger partial charge in [0.1, 0.15) is 12.2 Å². The molecule has 1 aliphatic heterocycles. The van der Waals surface area contributed by atoms with Crippen molar-refractivity contribution in [3.8, 4) is 11.5 Å². The van der Waals surface area contributed by atoms with Crippen LogP contribution < -0.4 is 24.8 Å². The first-order valence-electron chi connectivity index (χ1n) is 8.89. The number of hydrogen-bond acceptors (Lipinski definition) is 7. The molecule has 0 atom stereocenters. The number of barbiturate groups is 1. The molecule has 0 aromatic heterocycles. The standard InChI is InChI=1S/C21H17BrN2O7/c1-11-4-3-5-13(6-11)24-20(28)14(19(27)23-21(24)29)7-12-8-15(22)18(16(9-12)30-2)31-10-17(25)26/h3-9H,10H2,1-2H3,(H,25,26)(H,23,27,29)/p-1/b14-7+. The number of hydrogen-bond donors (Lipinski definition) is 1. The maximum Gasteiger partial charge on any atom is 0.335 e. The number of benzene rings is 2. The molecule has 1 N–H and O–H groups in total. The molecule has 1 fully saturated rings. The predicted molar refractivity (Wildman–Crippen MR) is 111 cm³/mol. The number of imide groups is 2. The molecular weight excluding hydrogens is 472 g/mol. The summed E-state index contributed by atoms with van der Waals surface area (Å²) >= 11 is 3.25. The van der Waals surface area contributed by atoms with Crippen LogP contribution in [0.1, 0.15) is 11.1 Å². The number of nitrogens with one attached hydrogen (secondary N) is 1. The molecule has 0 bridgehead atoms. The van der Waals surface area contributed by atoms with Crippen molar-refractivity contribution in [2.75, 3.05) is 18.6 Å². The fourth-order valence-corrected chi connectivity index (χ4v) is 3.49. The summed E-state index contributed by atoms with van der Waals surface area (Å²) in [4.78, 5) is 49.2. The lowest BCUT2D eigenvalue weighted by Crippen LogP contribution is -2.54. The number of rotatable bonds is 6. The lowest BCUT2D eigenvalue weighted by Gasteiger charge is -2.26. The van der Waals surface area contributed by atoms with Crippen molar-refractivity contribution in [2.24, 2.45) is 0 Å². The SMILES string of the molecule is COc1cc(/C=C2\C(=O)NC(=O)N(c3cccc(C)c3)C2=O)cc(Br)c1OCC(=O)[O-]. The van der Waals surface area contributed by atoms with Crippen LogP contribution in [0.2, 0.25) is 0 Å². The van der Waals surface area contributed by atoms with E-state index in [4.69, 9.17) is 9.47 Å². The minimum absolute atomic E-state index is 0.116. The van der Waals surface area contributed by atoms with Gasteiger partial charge in [0.2, 0.25) is 0 Å². The van der Waals surface area contributed by atoms with E-state index in [1.165, 1.54) is 25.3 Å². The molecule has 0 aliphatic carbocycles. The highest BCUT2D eigenvalue weighted by Gasteiger charge is 2.36. The molecule has 0 radical (unpaired) electrons. The van der Waals surface area contributed by atoms with Gasteiger partial charge in [0.15, 0.2) is 11.5 Å². The van der Waals surface area contributed by atoms with Crippen molar-refractivity contribution in [1.82, 2.24) is 5.32 Å². The summed E-state index contributed by atoms with van der Waals surface area (Å²) < 4.78 is 10.7. The minimum Gasteiger partial charge on any atom is -0.546 e. The molecule has 2 aromatic rings. The van der Waals surface area contributed by atoms with E-state index in [0.29, 0.717) is 15.7 Å². The second-order valence-electron chi connectivity index (χ2n) is 6.49. The number of aliphatic carboxylic acids is 1. The maximum atomic E-state index is 13.0. The Balaban J connectivity index is 2.00. The number of carbonyl (C=O) groups is 4. The first-order valence-corrected chi connectivity index (χ1v) is 9.69. The number of nitrogens with zero attached hydrogens (tertiary/aromatic N) is 1. The number of carboxylic acids is 1. The van der Waals surface area contributed by atoms with Gasteiger partial charge in [-0.05, 0) is 64.3 Å². The van der Waals surface area contributed by atoms with Crippen LogP contribution in [0.25, 0.3) is 6.08 Å². The third-order valence-corrected chi connectivity index (χ3v) is 4.85. The number of urea groups is 1. The van der Waals surface area contributed by atoms with Gasteiger partial charge in [-0.1, -0.05) is 12.1 Å². The van der Waals surface area contributed by atoms with Crippen LogP contribution in [-0.2, 0) is 14.4 Å². The summed E-state index contributed by atoms with van der Waals surface area (Å²) in [6.07, 6.45) is 1.29. The van der Waals surface area contributed by atoms with Crippen LogP contribution in [0.15, 0.2) is 46.4 Å². The van der Waals surface area contributed by atoms with Gasteiger partial charge >= 0.3 is 6.03 Å². The van der Waals surface area contributed by atoms with Crippen molar-refractivity contribution in [2.45, 2.75) is 6.92 Å². The van der Waals surface area contributed by atoms with Crippen LogP contribution in [0.5, 0.6) is 11.5 Å². The summed E-state index contributed by atoms with van der Waals surface area (Å²) in [5, 5.41) is 12.8. The monoisotopic (exact) mass is 487 g/mol. The van der Waals surface area contributed by atoms with E-state index in [1.54, 1.807) is 18.2 Å². The number of anilines is 1. The minimum atomic E-state index is -1.41. The normalized spacial score (nSPS) is 15.1. The van der Waals surface area contributed by atoms with Gasteiger partial charge in [-0.3, -0.25) is 14.9 Å². The molecule has 1 saturated heterocycles. The molecule has 2 aromatic carbocycles. The molecule has 31 heavy (non-hydrogen) atoms. The highest BCUT2D eigenvalue weighted by Crippen LogP contribution is 2.37. The molecule has 0 unspecified atom stereocenters. The van der Waals surface area contributed by atoms with Crippen LogP contribution >= 0.6 is 15.9 Å². The van der Waals surface area contributed by atoms with Gasteiger partial charge in [0.25, 0.3) is 11.8 Å². The molecule has 0 saturated carbocycles. The number of carboxylic acid groups (broad SMARTS) is 1. The summed E-state index contributed by atoms with van der Waals surface area (Å²) in [5.41, 5.74) is 1.27. The lowest BCUT2D eigenvalue weighted by molar-refractivity contribution is -0.307. The second-order valence-corrected chi connectivity index (χ2v) is 7.35. The summed E-state index contributed by atoms with van der Waals surface area (Å²) in [6.45, 7) is 1.12. The average molecular weight is 488 g/mol. The summed E-state index contributed by atoms with van der Waals surface area (Å²) in [6, 6.07) is 8.85. The van der Waals surface area contributed by atoms with Gasteiger partial charge in [-0.15, -0.1) is 0 Å². The smallest absolute Gasteiger partial charge is 0.335 e. The van der Waals surface area contributed by atoms with Gasteiger partial charge in [-0.25, -0.2) is 9.69 Å². The lowest BCUT2D eigenvalue weighted by atomic mass is 10.1. The second kappa shape index (κ2) is 9.00. The Kier molecular flexibility index (Phi) is 6.40. The van der Waals surface area contributed by atoms with E-state index in [2.05, 4.69) is 21.2 Å². The fraction of sp³-hybridized carbons (Fsp3) is 0.143. The molecule has 4 amide bonds. The van der Waals surface area contributed by atoms with E-state index in [9.17, 15) is 24.3 Å². The van der Waals surface area contributed by atoms with Crippen LogP contribution in [-0.4, -0.2) is 37.5 Å². The molecule has 1 aliphatic rings. The highest BCUT2D eigenvalue weighted by molar-refractivity contribution is 9.10. The van der Waals surface area contributed by atoms with Gasteiger partial charge < -0.3 is 19.4 Å². The van der Waals surface area contributed by atoms with Crippen molar-refractivity contribution >= 4 is 51.5 Å². The molecule has 3 rings (SSSR count). The Labute approximate surface area is 185 Å². The zero-order valence-corrected chi connectivity index (χ0v) is 18.0. The Bertz CT molecular complexity index is 1130. The number of halogens is 1.